The van der Waals surface area contributed by atoms with Crippen LogP contribution in [0.4, 0.5) is 0 Å². The van der Waals surface area contributed by atoms with Crippen molar-refractivity contribution < 1.29 is 4.79 Å². The average molecular weight is 256 g/mol. The van der Waals surface area contributed by atoms with Gasteiger partial charge in [0.25, 0.3) is 0 Å². The summed E-state index contributed by atoms with van der Waals surface area (Å²) >= 11 is 1.97. The first-order valence-corrected chi connectivity index (χ1v) is 7.97. The third kappa shape index (κ3) is 3.88. The molecule has 0 aromatic carbocycles. The Labute approximate surface area is 109 Å². The lowest BCUT2D eigenvalue weighted by Crippen LogP contribution is -2.37. The van der Waals surface area contributed by atoms with Crippen LogP contribution in [-0.4, -0.2) is 48.5 Å². The summed E-state index contributed by atoms with van der Waals surface area (Å²) < 4.78 is 0. The summed E-state index contributed by atoms with van der Waals surface area (Å²) in [5, 5.41) is 3.41. The lowest BCUT2D eigenvalue weighted by atomic mass is 9.94. The zero-order chi connectivity index (χ0) is 12.1. The fourth-order valence-electron chi connectivity index (χ4n) is 2.71. The largest absolute Gasteiger partial charge is 0.342 e. The van der Waals surface area contributed by atoms with Gasteiger partial charge in [0.1, 0.15) is 0 Å². The van der Waals surface area contributed by atoms with Crippen molar-refractivity contribution in [2.75, 3.05) is 31.6 Å². The third-order valence-corrected chi connectivity index (χ3v) is 5.16. The van der Waals surface area contributed by atoms with Crippen LogP contribution in [-0.2, 0) is 4.79 Å². The van der Waals surface area contributed by atoms with E-state index < -0.39 is 0 Å². The molecule has 2 heterocycles. The predicted molar refractivity (Wildman–Crippen MR) is 73.3 cm³/mol. The zero-order valence-electron chi connectivity index (χ0n) is 10.8. The number of nitrogens with one attached hydrogen (secondary N) is 1. The standard InChI is InChI=1S/C13H24N2OS/c1-15(12-6-8-17-10-12)13(16)5-4-11-3-2-7-14-9-11/h11-12,14H,2-10H2,1H3. The highest BCUT2D eigenvalue weighted by Gasteiger charge is 2.24. The van der Waals surface area contributed by atoms with Crippen molar-refractivity contribution in [3.05, 3.63) is 0 Å². The molecule has 0 saturated carbocycles. The van der Waals surface area contributed by atoms with Gasteiger partial charge in [-0.2, -0.15) is 11.8 Å². The van der Waals surface area contributed by atoms with Gasteiger partial charge in [-0.1, -0.05) is 0 Å². The Morgan fingerprint density at radius 1 is 1.47 bits per heavy atom. The van der Waals surface area contributed by atoms with E-state index in [1.54, 1.807) is 0 Å². The second-order valence-electron chi connectivity index (χ2n) is 5.27. The van der Waals surface area contributed by atoms with Gasteiger partial charge < -0.3 is 10.2 Å². The van der Waals surface area contributed by atoms with Gasteiger partial charge >= 0.3 is 0 Å². The molecule has 2 aliphatic rings. The van der Waals surface area contributed by atoms with E-state index in [0.717, 1.165) is 37.6 Å². The normalized spacial score (nSPS) is 29.2. The highest BCUT2D eigenvalue weighted by molar-refractivity contribution is 7.99. The molecule has 0 bridgehead atoms. The van der Waals surface area contributed by atoms with Gasteiger partial charge in [-0.15, -0.1) is 0 Å². The van der Waals surface area contributed by atoms with Crippen LogP contribution < -0.4 is 5.32 Å². The minimum Gasteiger partial charge on any atom is -0.342 e. The Bertz CT molecular complexity index is 248. The van der Waals surface area contributed by atoms with Crippen LogP contribution in [0.2, 0.25) is 0 Å². The monoisotopic (exact) mass is 256 g/mol. The molecular weight excluding hydrogens is 232 g/mol. The van der Waals surface area contributed by atoms with Crippen LogP contribution in [0.5, 0.6) is 0 Å². The van der Waals surface area contributed by atoms with E-state index in [1.165, 1.54) is 25.0 Å². The highest BCUT2D eigenvalue weighted by atomic mass is 32.2. The van der Waals surface area contributed by atoms with Crippen molar-refractivity contribution in [3.63, 3.8) is 0 Å². The summed E-state index contributed by atoms with van der Waals surface area (Å²) in [5.74, 6) is 3.42. The summed E-state index contributed by atoms with van der Waals surface area (Å²) in [6, 6.07) is 0.497. The van der Waals surface area contributed by atoms with E-state index in [2.05, 4.69) is 5.32 Å². The van der Waals surface area contributed by atoms with Gasteiger partial charge in [0, 0.05) is 25.3 Å². The van der Waals surface area contributed by atoms with Gasteiger partial charge in [-0.3, -0.25) is 4.79 Å². The topological polar surface area (TPSA) is 32.3 Å². The van der Waals surface area contributed by atoms with Crippen molar-refractivity contribution in [3.8, 4) is 0 Å². The van der Waals surface area contributed by atoms with Gasteiger partial charge in [0.2, 0.25) is 5.91 Å². The van der Waals surface area contributed by atoms with Gasteiger partial charge in [0.15, 0.2) is 0 Å². The van der Waals surface area contributed by atoms with Gasteiger partial charge in [-0.25, -0.2) is 0 Å². The quantitative estimate of drug-likeness (QED) is 0.831. The Kier molecular flexibility index (Phi) is 5.16. The number of nitrogens with zero attached hydrogens (tertiary/aromatic N) is 1. The summed E-state index contributed by atoms with van der Waals surface area (Å²) in [6.45, 7) is 2.26. The Morgan fingerprint density at radius 2 is 2.35 bits per heavy atom. The number of carbonyl (C=O) groups is 1. The van der Waals surface area contributed by atoms with Crippen LogP contribution >= 0.6 is 11.8 Å². The van der Waals surface area contributed by atoms with E-state index in [1.807, 2.05) is 23.7 Å². The highest BCUT2D eigenvalue weighted by Crippen LogP contribution is 2.23. The molecule has 0 aromatic heterocycles. The summed E-state index contributed by atoms with van der Waals surface area (Å²) in [7, 11) is 1.98. The Hall–Kier alpha value is -0.220. The molecule has 0 radical (unpaired) electrons. The van der Waals surface area contributed by atoms with Crippen LogP contribution in [0.15, 0.2) is 0 Å². The predicted octanol–water partition coefficient (Wildman–Crippen LogP) is 1.73. The van der Waals surface area contributed by atoms with Crippen molar-refractivity contribution in [1.82, 2.24) is 10.2 Å². The van der Waals surface area contributed by atoms with E-state index in [-0.39, 0.29) is 0 Å². The van der Waals surface area contributed by atoms with E-state index in [9.17, 15) is 4.79 Å². The molecular formula is C13H24N2OS. The van der Waals surface area contributed by atoms with Crippen LogP contribution in [0, 0.1) is 5.92 Å². The summed E-state index contributed by atoms with van der Waals surface area (Å²) in [5.41, 5.74) is 0. The third-order valence-electron chi connectivity index (χ3n) is 4.01. The van der Waals surface area contributed by atoms with Crippen molar-refractivity contribution >= 4 is 17.7 Å². The van der Waals surface area contributed by atoms with Crippen molar-refractivity contribution in [1.29, 1.82) is 0 Å². The zero-order valence-corrected chi connectivity index (χ0v) is 11.6. The van der Waals surface area contributed by atoms with Crippen molar-refractivity contribution in [2.45, 2.75) is 38.1 Å². The minimum atomic E-state index is 0.350. The maximum atomic E-state index is 12.1. The van der Waals surface area contributed by atoms with Crippen LogP contribution in [0.25, 0.3) is 0 Å². The maximum Gasteiger partial charge on any atom is 0.222 e. The van der Waals surface area contributed by atoms with E-state index in [0.29, 0.717) is 11.9 Å². The molecule has 0 spiro atoms. The minimum absolute atomic E-state index is 0.350. The Morgan fingerprint density at radius 3 is 3.00 bits per heavy atom. The van der Waals surface area contributed by atoms with Gasteiger partial charge in [-0.05, 0) is 50.4 Å². The first-order valence-electron chi connectivity index (χ1n) is 6.81. The lowest BCUT2D eigenvalue weighted by molar-refractivity contribution is -0.131. The second kappa shape index (κ2) is 6.64. The second-order valence-corrected chi connectivity index (χ2v) is 6.42. The average Bonchev–Trinajstić information content (AvgIpc) is 2.90. The number of amides is 1. The number of hydrogen-bond donors (Lipinski definition) is 1. The molecule has 1 amide bonds. The lowest BCUT2D eigenvalue weighted by Gasteiger charge is -2.26. The number of hydrogen-bond acceptors (Lipinski definition) is 3. The first kappa shape index (κ1) is 13.2. The van der Waals surface area contributed by atoms with Crippen molar-refractivity contribution in [2.24, 2.45) is 5.92 Å². The number of rotatable bonds is 4. The fraction of sp³-hybridized carbons (Fsp3) is 0.923. The molecule has 2 rings (SSSR count). The molecule has 3 nitrogen and oxygen atoms in total. The molecule has 0 aliphatic carbocycles. The Balaban J connectivity index is 1.68. The van der Waals surface area contributed by atoms with E-state index in [4.69, 9.17) is 0 Å². The first-order chi connectivity index (χ1) is 8.27. The fourth-order valence-corrected chi connectivity index (χ4v) is 3.97. The molecule has 1 N–H and O–H groups in total. The molecule has 2 unspecified atom stereocenters. The van der Waals surface area contributed by atoms with Gasteiger partial charge in [0.05, 0.1) is 0 Å². The molecule has 2 atom stereocenters. The summed E-state index contributed by atoms with van der Waals surface area (Å²) in [4.78, 5) is 14.1. The molecule has 2 fully saturated rings. The molecule has 17 heavy (non-hydrogen) atoms. The molecule has 4 heteroatoms. The van der Waals surface area contributed by atoms with Crippen LogP contribution in [0.3, 0.4) is 0 Å². The SMILES string of the molecule is CN(C(=O)CCC1CCCNC1)C1CCSC1. The number of thioether (sulfide) groups is 1. The smallest absolute Gasteiger partial charge is 0.222 e. The number of carbonyl (C=O) groups excluding carboxylic acids is 1. The molecule has 2 saturated heterocycles. The number of piperidine rings is 1. The molecule has 0 aromatic rings. The van der Waals surface area contributed by atoms with Crippen LogP contribution in [0.1, 0.15) is 32.1 Å². The molecule has 98 valence electrons. The molecule has 2 aliphatic heterocycles. The summed E-state index contributed by atoms with van der Waals surface area (Å²) in [6.07, 6.45) is 5.55. The maximum absolute atomic E-state index is 12.1. The van der Waals surface area contributed by atoms with E-state index >= 15 is 0 Å².